The summed E-state index contributed by atoms with van der Waals surface area (Å²) in [7, 11) is 2.57. The van der Waals surface area contributed by atoms with E-state index >= 15 is 0 Å². The van der Waals surface area contributed by atoms with Crippen LogP contribution < -0.4 is 0 Å². The number of rotatable bonds is 0. The lowest BCUT2D eigenvalue weighted by Crippen LogP contribution is -2.52. The zero-order valence-electron chi connectivity index (χ0n) is 37.9. The van der Waals surface area contributed by atoms with Gasteiger partial charge in [-0.3, -0.25) is 0 Å². The monoisotopic (exact) mass is 897 g/mol. The average Bonchev–Trinajstić information content (AvgIpc) is 3.09. The van der Waals surface area contributed by atoms with E-state index in [4.69, 9.17) is 0 Å². The van der Waals surface area contributed by atoms with Gasteiger partial charge in [0.1, 0.15) is 0 Å². The Morgan fingerprint density at radius 2 is 0.230 bits per heavy atom. The van der Waals surface area contributed by atoms with Crippen molar-refractivity contribution in [2.45, 2.75) is 10.8 Å². The molecule has 1 nitrogen and oxygen atoms in total. The van der Waals surface area contributed by atoms with Gasteiger partial charge in [-0.15, -0.1) is 0 Å². The highest BCUT2D eigenvalue weighted by molar-refractivity contribution is 6.83. The second kappa shape index (κ2) is 5.68. The van der Waals surface area contributed by atoms with Crippen molar-refractivity contribution in [3.63, 3.8) is 0 Å². The Bertz CT molecular complexity index is 8660. The maximum Gasteiger partial charge on any atom is 0.0505 e. The van der Waals surface area contributed by atoms with Crippen LogP contribution in [0.4, 0.5) is 0 Å². The van der Waals surface area contributed by atoms with E-state index in [2.05, 4.69) is 11.9 Å². The van der Waals surface area contributed by atoms with Crippen LogP contribution in [0.5, 0.6) is 0 Å². The zero-order valence-corrected chi connectivity index (χ0v) is 37.9. The molecule has 4 aliphatic carbocycles. The van der Waals surface area contributed by atoms with Crippen LogP contribution in [0.2, 0.25) is 0 Å². The third-order valence-electron chi connectivity index (χ3n) is 28.4. The molecule has 0 aromatic heterocycles. The van der Waals surface area contributed by atoms with Gasteiger partial charge in [0.05, 0.1) is 10.8 Å². The Morgan fingerprint density at radius 3 is 0.351 bits per heavy atom. The molecule has 1 heterocycles. The van der Waals surface area contributed by atoms with E-state index in [0.29, 0.717) is 0 Å². The standard InChI is InChI=1S/C73H7N/c1-74-2-72-68-60-51-45-30-21-12-6-4-5-7-11-15-8(4)14-10(6)22-23(21)39-40-31(22)32-24(14)29-25(15)37-33-19(11)20-13(7)18-17-9(5)16(12)26(30)35-27(17)36-28(18)38-34(20)42-41(33)52-48(37)54-43(29)44(32)58-57(40)61(59(60)46(39)45)69(72)67(58)65(54)70-63(52)64-53(42)49(38)56-50(36)55(47(35)51)62(68)66(56)71(64)73(70,72)3-74/h2-3H2,1H3. The van der Waals surface area contributed by atoms with Crippen LogP contribution in [0, 0.1) is 0 Å². The molecule has 74 heavy (non-hydrogen) atoms. The molecule has 1 aliphatic heterocycles. The van der Waals surface area contributed by atoms with Gasteiger partial charge in [-0.1, -0.05) is 0 Å². The van der Waals surface area contributed by atoms with Gasteiger partial charge in [-0.05, 0) is 374 Å². The Morgan fingerprint density at radius 1 is 0.149 bits per heavy atom. The predicted molar refractivity (Wildman–Crippen MR) is 315 cm³/mol. The SMILES string of the molecule is CN1CC23c4c5c6c7c8c9c%10c(c%11c%12c2c2c4c4c%13c5c5c6c6c8c8c9c9c%14c%10c%11c%10c%11c%12c%12c2c2c4c4c%13c%13c5c5c6c6c8c8c9c9c%14c%10c%10c%11c%11c%12c2c2c4c4c%13c5c5c6c8c6c9c%10c8c%11c2c4c5c86)C73C1. The molecule has 5 aliphatic rings. The van der Waals surface area contributed by atoms with Crippen molar-refractivity contribution < 1.29 is 0 Å². The smallest absolute Gasteiger partial charge is 0.0505 e. The van der Waals surface area contributed by atoms with E-state index in [-0.39, 0.29) is 10.8 Å². The number of nitrogens with zero attached hydrogens (tertiary/aromatic N) is 1. The maximum atomic E-state index is 2.91. The minimum Gasteiger partial charge on any atom is -0.304 e. The highest BCUT2D eigenvalue weighted by atomic mass is 15.2. The molecular weight excluding hydrogens is 891 g/mol. The van der Waals surface area contributed by atoms with Gasteiger partial charge in [0.25, 0.3) is 0 Å². The molecule has 304 valence electrons. The summed E-state index contributed by atoms with van der Waals surface area (Å²) >= 11 is 0. The van der Waals surface area contributed by atoms with Gasteiger partial charge in [0.2, 0.25) is 0 Å². The predicted octanol–water partition coefficient (Wildman–Crippen LogP) is 19.2. The summed E-state index contributed by atoms with van der Waals surface area (Å²) in [4.78, 5) is 2.91. The van der Waals surface area contributed by atoms with Crippen molar-refractivity contribution in [3.8, 4) is 0 Å². The van der Waals surface area contributed by atoms with Crippen LogP contribution in [0.25, 0.3) is 345 Å². The minimum absolute atomic E-state index is 0.178. The highest BCUT2D eigenvalue weighted by Gasteiger charge is 2.72. The van der Waals surface area contributed by atoms with Crippen LogP contribution in [0.15, 0.2) is 0 Å². The van der Waals surface area contributed by atoms with E-state index in [9.17, 15) is 0 Å². The van der Waals surface area contributed by atoms with Crippen molar-refractivity contribution in [1.82, 2.24) is 4.90 Å². The van der Waals surface area contributed by atoms with Crippen molar-refractivity contribution >= 4 is 345 Å². The van der Waals surface area contributed by atoms with Crippen LogP contribution in [0.3, 0.4) is 0 Å². The van der Waals surface area contributed by atoms with E-state index in [0.717, 1.165) is 13.1 Å². The van der Waals surface area contributed by atoms with Crippen molar-refractivity contribution in [2.24, 2.45) is 0 Å². The molecule has 0 radical (unpaired) electrons. The summed E-state index contributed by atoms with van der Waals surface area (Å²) in [6.07, 6.45) is 0. The van der Waals surface area contributed by atoms with Crippen molar-refractivity contribution in [3.05, 3.63) is 22.3 Å². The van der Waals surface area contributed by atoms with E-state index < -0.39 is 0 Å². The van der Waals surface area contributed by atoms with Crippen molar-refractivity contribution in [1.29, 1.82) is 0 Å². The molecule has 33 aromatic rings. The summed E-state index contributed by atoms with van der Waals surface area (Å²) in [5.74, 6) is 0. The Balaban J connectivity index is 1.21. The first-order chi connectivity index (χ1) is 36.8. The maximum absolute atomic E-state index is 2.91. The molecule has 1 saturated heterocycles. The molecule has 1 fully saturated rings. The summed E-state index contributed by atoms with van der Waals surface area (Å²) in [5, 5.41) is 108. The molecule has 0 saturated carbocycles. The summed E-state index contributed by atoms with van der Waals surface area (Å²) < 4.78 is 0. The largest absolute Gasteiger partial charge is 0.304 e. The third kappa shape index (κ3) is 1.29. The number of likely N-dealkylation sites (tertiary alicyclic amines) is 1. The molecule has 2 spiro atoms. The molecule has 1 heteroatoms. The van der Waals surface area contributed by atoms with Gasteiger partial charge in [-0.2, -0.15) is 0 Å². The average molecular weight is 898 g/mol. The second-order valence-electron chi connectivity index (χ2n) is 28.5. The molecule has 2 atom stereocenters. The van der Waals surface area contributed by atoms with E-state index in [1.807, 2.05) is 22.3 Å². The summed E-state index contributed by atoms with van der Waals surface area (Å²) in [5.41, 5.74) is 6.88. The molecule has 0 amide bonds. The van der Waals surface area contributed by atoms with Gasteiger partial charge < -0.3 is 4.90 Å². The van der Waals surface area contributed by atoms with Crippen LogP contribution in [-0.4, -0.2) is 25.0 Å². The lowest BCUT2D eigenvalue weighted by molar-refractivity contribution is 0.393. The minimum atomic E-state index is -0.189. The van der Waals surface area contributed by atoms with Crippen LogP contribution in [-0.2, 0) is 10.8 Å². The molecule has 0 bridgehead atoms. The number of benzene rings is 22. The number of hydrogen-bond acceptors (Lipinski definition) is 1. The summed E-state index contributed by atoms with van der Waals surface area (Å²) in [6, 6.07) is 0. The Hall–Kier alpha value is -8.88. The third-order valence-corrected chi connectivity index (χ3v) is 28.4. The first kappa shape index (κ1) is 26.2. The van der Waals surface area contributed by atoms with E-state index in [1.54, 1.807) is 345 Å². The molecule has 33 aromatic carbocycles. The van der Waals surface area contributed by atoms with Crippen LogP contribution in [0.1, 0.15) is 22.3 Å². The lowest BCUT2D eigenvalue weighted by Gasteiger charge is -2.52. The molecule has 2 unspecified atom stereocenters. The van der Waals surface area contributed by atoms with Gasteiger partial charge in [0, 0.05) is 13.1 Å². The zero-order chi connectivity index (χ0) is 43.3. The van der Waals surface area contributed by atoms with E-state index in [1.165, 1.54) is 0 Å². The topological polar surface area (TPSA) is 3.24 Å². The van der Waals surface area contributed by atoms with Crippen molar-refractivity contribution in [2.75, 3.05) is 20.1 Å². The molecule has 38 rings (SSSR count). The number of hydrogen-bond donors (Lipinski definition) is 0. The number of likely N-dealkylation sites (N-methyl/N-ethyl adjacent to an activating group) is 1. The fourth-order valence-electron chi connectivity index (χ4n) is 28.8. The quantitative estimate of drug-likeness (QED) is 0.108. The molecular formula is C73H7N. The second-order valence-corrected chi connectivity index (χ2v) is 28.5. The Labute approximate surface area is 400 Å². The van der Waals surface area contributed by atoms with Gasteiger partial charge in [0.15, 0.2) is 0 Å². The fraction of sp³-hybridized carbons (Fsp3) is 0.0685. The highest BCUT2D eigenvalue weighted by Crippen LogP contribution is 2.85. The van der Waals surface area contributed by atoms with Crippen LogP contribution >= 0.6 is 0 Å². The lowest BCUT2D eigenvalue weighted by atomic mass is 9.47. The molecule has 0 N–H and O–H groups in total. The Kier molecular flexibility index (Phi) is 2.01. The first-order valence-electron chi connectivity index (χ1n) is 28.0. The fourth-order valence-corrected chi connectivity index (χ4v) is 28.8. The van der Waals surface area contributed by atoms with Gasteiger partial charge in [-0.25, -0.2) is 0 Å². The summed E-state index contributed by atoms with van der Waals surface area (Å²) in [6.45, 7) is 2.21. The normalized spacial score (nSPS) is 23.1. The first-order valence-corrected chi connectivity index (χ1v) is 28.0. The van der Waals surface area contributed by atoms with Gasteiger partial charge >= 0.3 is 0 Å².